The van der Waals surface area contributed by atoms with Crippen LogP contribution < -0.4 is 4.90 Å². The first kappa shape index (κ1) is 31.2. The molecule has 3 nitrogen and oxygen atoms in total. The quantitative estimate of drug-likeness (QED) is 0.172. The Labute approximate surface area is 318 Å². The van der Waals surface area contributed by atoms with Crippen LogP contribution in [0, 0.1) is 0 Å². The summed E-state index contributed by atoms with van der Waals surface area (Å²) in [7, 11) is 0. The van der Waals surface area contributed by atoms with E-state index >= 15 is 0 Å². The van der Waals surface area contributed by atoms with Crippen molar-refractivity contribution >= 4 is 71.6 Å². The fraction of sp³-hybridized carbons (Fsp3) is 0. The van der Waals surface area contributed by atoms with E-state index in [0.717, 1.165) is 61.3 Å². The monoisotopic (exact) mass is 702 g/mol. The molecule has 0 amide bonds. The number of fused-ring (bicyclic) bond motifs is 7. The minimum absolute atomic E-state index is 0.868. The van der Waals surface area contributed by atoms with E-state index in [1.54, 1.807) is 0 Å². The lowest BCUT2D eigenvalue weighted by molar-refractivity contribution is 0.670. The van der Waals surface area contributed by atoms with E-state index in [0.29, 0.717) is 0 Å². The van der Waals surface area contributed by atoms with Gasteiger partial charge in [-0.15, -0.1) is 0 Å². The van der Waals surface area contributed by atoms with Crippen molar-refractivity contribution in [2.24, 2.45) is 0 Å². The summed E-state index contributed by atoms with van der Waals surface area (Å²) in [6.45, 7) is 0. The minimum atomic E-state index is 0.868. The van der Waals surface area contributed by atoms with Crippen LogP contribution in [0.2, 0.25) is 0 Å². The number of para-hydroxylation sites is 3. The third-order valence-corrected chi connectivity index (χ3v) is 11.0. The standard InChI is InChI=1S/C52H34N2O/c1-3-15-37(16-4-1)42-32-33-48(51-44-21-10-12-25-49(44)55-52(42)51)54(41-30-28-36(29-31-41)39-27-26-35-14-7-8-17-38(35)34-39)47-24-13-23-46-50(47)43-20-9-11-22-45(43)53(46)40-18-5-2-6-19-40/h1-34H. The van der Waals surface area contributed by atoms with Crippen LogP contribution >= 0.6 is 0 Å². The number of anilines is 3. The Bertz CT molecular complexity index is 3180. The number of rotatable bonds is 6. The predicted octanol–water partition coefficient (Wildman–Crippen LogP) is 14.6. The molecule has 0 saturated heterocycles. The lowest BCUT2D eigenvalue weighted by Gasteiger charge is -2.28. The topological polar surface area (TPSA) is 21.3 Å². The number of aromatic nitrogens is 1. The van der Waals surface area contributed by atoms with Crippen LogP contribution in [0.15, 0.2) is 211 Å². The van der Waals surface area contributed by atoms with Crippen LogP contribution in [0.5, 0.6) is 0 Å². The van der Waals surface area contributed by atoms with Crippen molar-refractivity contribution < 1.29 is 4.42 Å². The van der Waals surface area contributed by atoms with E-state index in [1.165, 1.54) is 38.2 Å². The summed E-state index contributed by atoms with van der Waals surface area (Å²) < 4.78 is 9.19. The van der Waals surface area contributed by atoms with Crippen molar-refractivity contribution in [3.05, 3.63) is 206 Å². The molecule has 2 heterocycles. The average molecular weight is 703 g/mol. The van der Waals surface area contributed by atoms with Gasteiger partial charge in [0.15, 0.2) is 0 Å². The van der Waals surface area contributed by atoms with Crippen LogP contribution in [0.1, 0.15) is 0 Å². The Morgan fingerprint density at radius 2 is 1.05 bits per heavy atom. The maximum absolute atomic E-state index is 6.80. The van der Waals surface area contributed by atoms with Gasteiger partial charge in [0.2, 0.25) is 0 Å². The summed E-state index contributed by atoms with van der Waals surface area (Å²) in [6.07, 6.45) is 0. The lowest BCUT2D eigenvalue weighted by Crippen LogP contribution is -2.11. The van der Waals surface area contributed by atoms with E-state index in [9.17, 15) is 0 Å². The summed E-state index contributed by atoms with van der Waals surface area (Å²) >= 11 is 0. The summed E-state index contributed by atoms with van der Waals surface area (Å²) in [5.41, 5.74) is 13.0. The van der Waals surface area contributed by atoms with E-state index < -0.39 is 0 Å². The summed E-state index contributed by atoms with van der Waals surface area (Å²) in [5, 5.41) is 7.03. The third kappa shape index (κ3) is 5.05. The van der Waals surface area contributed by atoms with Crippen molar-refractivity contribution in [3.63, 3.8) is 0 Å². The number of hydrogen-bond donors (Lipinski definition) is 0. The zero-order valence-electron chi connectivity index (χ0n) is 29.9. The minimum Gasteiger partial charge on any atom is -0.455 e. The molecule has 3 heteroatoms. The van der Waals surface area contributed by atoms with Crippen molar-refractivity contribution in [1.82, 2.24) is 4.57 Å². The maximum atomic E-state index is 6.80. The van der Waals surface area contributed by atoms with Crippen molar-refractivity contribution in [2.75, 3.05) is 4.90 Å². The Hall–Kier alpha value is -7.36. The first-order valence-corrected chi connectivity index (χ1v) is 18.8. The second-order valence-electron chi connectivity index (χ2n) is 14.1. The lowest BCUT2D eigenvalue weighted by atomic mass is 9.98. The molecule has 55 heavy (non-hydrogen) atoms. The molecule has 0 aliphatic heterocycles. The molecule has 2 aromatic heterocycles. The van der Waals surface area contributed by atoms with Gasteiger partial charge in [0.25, 0.3) is 0 Å². The van der Waals surface area contributed by atoms with Crippen molar-refractivity contribution in [1.29, 1.82) is 0 Å². The molecule has 0 radical (unpaired) electrons. The first-order valence-electron chi connectivity index (χ1n) is 18.8. The van der Waals surface area contributed by atoms with Crippen molar-refractivity contribution in [3.8, 4) is 27.9 Å². The van der Waals surface area contributed by atoms with Gasteiger partial charge in [-0.3, -0.25) is 0 Å². The molecule has 0 aliphatic carbocycles. The summed E-state index contributed by atoms with van der Waals surface area (Å²) in [4.78, 5) is 2.44. The molecule has 0 fully saturated rings. The zero-order chi connectivity index (χ0) is 36.3. The molecule has 0 N–H and O–H groups in total. The fourth-order valence-corrected chi connectivity index (χ4v) is 8.46. The van der Waals surface area contributed by atoms with E-state index in [4.69, 9.17) is 4.42 Å². The van der Waals surface area contributed by atoms with Gasteiger partial charge in [0, 0.05) is 33.1 Å². The maximum Gasteiger partial charge on any atom is 0.145 e. The molecule has 0 bridgehead atoms. The van der Waals surface area contributed by atoms with Gasteiger partial charge in [0.05, 0.1) is 27.8 Å². The summed E-state index contributed by atoms with van der Waals surface area (Å²) in [6, 6.07) is 73.9. The molecular weight excluding hydrogens is 669 g/mol. The Morgan fingerprint density at radius 3 is 1.89 bits per heavy atom. The number of nitrogens with zero attached hydrogens (tertiary/aromatic N) is 2. The normalized spacial score (nSPS) is 11.6. The zero-order valence-corrected chi connectivity index (χ0v) is 29.9. The van der Waals surface area contributed by atoms with E-state index in [1.807, 2.05) is 0 Å². The Kier molecular flexibility index (Phi) is 7.17. The fourth-order valence-electron chi connectivity index (χ4n) is 8.46. The first-order chi connectivity index (χ1) is 27.3. The second kappa shape index (κ2) is 12.6. The highest BCUT2D eigenvalue weighted by Gasteiger charge is 2.25. The van der Waals surface area contributed by atoms with E-state index in [2.05, 4.69) is 216 Å². The second-order valence-corrected chi connectivity index (χ2v) is 14.1. The SMILES string of the molecule is c1ccc(-c2ccc(N(c3ccc(-c4ccc5ccccc5c4)cc3)c3cccc4c3c3ccccc3n4-c3ccccc3)c3c2oc2ccccc23)cc1. The molecule has 0 spiro atoms. The smallest absolute Gasteiger partial charge is 0.145 e. The van der Waals surface area contributed by atoms with Gasteiger partial charge in [-0.2, -0.15) is 0 Å². The van der Waals surface area contributed by atoms with Gasteiger partial charge >= 0.3 is 0 Å². The van der Waals surface area contributed by atoms with Gasteiger partial charge < -0.3 is 13.9 Å². The Balaban J connectivity index is 1.20. The number of hydrogen-bond acceptors (Lipinski definition) is 2. The molecule has 9 aromatic carbocycles. The van der Waals surface area contributed by atoms with Gasteiger partial charge in [-0.25, -0.2) is 0 Å². The number of furan rings is 1. The largest absolute Gasteiger partial charge is 0.455 e. The predicted molar refractivity (Wildman–Crippen MR) is 231 cm³/mol. The van der Waals surface area contributed by atoms with Crippen LogP contribution in [0.3, 0.4) is 0 Å². The highest BCUT2D eigenvalue weighted by molar-refractivity contribution is 6.21. The van der Waals surface area contributed by atoms with Crippen LogP contribution in [0.4, 0.5) is 17.1 Å². The van der Waals surface area contributed by atoms with Gasteiger partial charge in [-0.1, -0.05) is 140 Å². The number of benzene rings is 9. The molecule has 11 rings (SSSR count). The third-order valence-electron chi connectivity index (χ3n) is 11.0. The molecule has 11 aromatic rings. The average Bonchev–Trinajstić information content (AvgIpc) is 3.82. The van der Waals surface area contributed by atoms with Crippen LogP contribution in [-0.2, 0) is 0 Å². The molecule has 258 valence electrons. The highest BCUT2D eigenvalue weighted by Crippen LogP contribution is 2.49. The molecule has 0 unspecified atom stereocenters. The van der Waals surface area contributed by atoms with Gasteiger partial charge in [0.1, 0.15) is 11.2 Å². The van der Waals surface area contributed by atoms with Crippen molar-refractivity contribution in [2.45, 2.75) is 0 Å². The molecule has 0 aliphatic rings. The highest BCUT2D eigenvalue weighted by atomic mass is 16.3. The Morgan fingerprint density at radius 1 is 0.400 bits per heavy atom. The van der Waals surface area contributed by atoms with Gasteiger partial charge in [-0.05, 0) is 94.2 Å². The van der Waals surface area contributed by atoms with Crippen LogP contribution in [0.25, 0.3) is 82.5 Å². The summed E-state index contributed by atoms with van der Waals surface area (Å²) in [5.74, 6) is 0. The molecule has 0 atom stereocenters. The van der Waals surface area contributed by atoms with E-state index in [-0.39, 0.29) is 0 Å². The molecular formula is C52H34N2O. The molecule has 0 saturated carbocycles. The van der Waals surface area contributed by atoms with Crippen LogP contribution in [-0.4, -0.2) is 4.57 Å².